The van der Waals surface area contributed by atoms with E-state index in [4.69, 9.17) is 24.1 Å². The number of aliphatic hydroxyl groups is 1. The smallest absolute Gasteiger partial charge is 0.491 e. The van der Waals surface area contributed by atoms with Crippen molar-refractivity contribution < 1.29 is 67.3 Å². The maximum Gasteiger partial charge on any atom is 0.509 e. The van der Waals surface area contributed by atoms with E-state index in [0.29, 0.717) is 18.5 Å². The topological polar surface area (TPSA) is 186 Å². The summed E-state index contributed by atoms with van der Waals surface area (Å²) in [5.41, 5.74) is 0. The van der Waals surface area contributed by atoms with E-state index in [1.807, 2.05) is 36.4 Å². The molecule has 41 heavy (non-hydrogen) atoms. The van der Waals surface area contributed by atoms with E-state index in [9.17, 15) is 24.3 Å². The summed E-state index contributed by atoms with van der Waals surface area (Å²) in [6, 6.07) is 18.7. The second-order valence-corrected chi connectivity index (χ2v) is 8.16. The molecule has 2 aromatic carbocycles. The number of aliphatic carboxylic acids is 1. The largest absolute Gasteiger partial charge is 0.509 e. The number of aliphatic hydroxyl groups excluding tert-OH is 1. The van der Waals surface area contributed by atoms with Crippen LogP contribution >= 0.6 is 0 Å². The number of esters is 1. The Bertz CT molecular complexity index is 1090. The van der Waals surface area contributed by atoms with Gasteiger partial charge in [0.25, 0.3) is 0 Å². The van der Waals surface area contributed by atoms with Crippen molar-refractivity contribution in [2.75, 3.05) is 39.6 Å². The maximum atomic E-state index is 11.4. The molecule has 3 heterocycles. The molecule has 14 heteroatoms. The highest BCUT2D eigenvalue weighted by atomic mass is 16.8. The van der Waals surface area contributed by atoms with Gasteiger partial charge in [-0.2, -0.15) is 0 Å². The first-order valence-corrected chi connectivity index (χ1v) is 12.0. The fraction of sp³-hybridized carbons (Fsp3) is 0.407. The fourth-order valence-corrected chi connectivity index (χ4v) is 2.79. The molecule has 4 atom stereocenters. The molecule has 2 aromatic rings. The molecule has 0 aromatic heterocycles. The van der Waals surface area contributed by atoms with Gasteiger partial charge in [0.1, 0.15) is 56.7 Å². The van der Waals surface area contributed by atoms with Crippen molar-refractivity contribution in [2.45, 2.75) is 31.8 Å². The molecule has 3 saturated heterocycles. The van der Waals surface area contributed by atoms with Crippen LogP contribution in [0.15, 0.2) is 60.7 Å². The fourth-order valence-electron chi connectivity index (χ4n) is 2.79. The number of cyclic esters (lactones) is 4. The Balaban J connectivity index is 0.000000235. The number of rotatable bonds is 10. The van der Waals surface area contributed by atoms with Gasteiger partial charge in [0.15, 0.2) is 0 Å². The van der Waals surface area contributed by atoms with Gasteiger partial charge in [-0.3, -0.25) is 0 Å². The zero-order valence-corrected chi connectivity index (χ0v) is 21.1. The number of carboxylic acids is 1. The van der Waals surface area contributed by atoms with Gasteiger partial charge in [-0.25, -0.2) is 19.2 Å². The minimum atomic E-state index is -1.18. The van der Waals surface area contributed by atoms with E-state index in [0.717, 1.165) is 12.4 Å². The molecule has 0 radical (unpaired) electrons. The Morgan fingerprint density at radius 2 is 1.32 bits per heavy atom. The van der Waals surface area contributed by atoms with Crippen molar-refractivity contribution in [2.24, 2.45) is 0 Å². The lowest BCUT2D eigenvalue weighted by Crippen LogP contribution is -2.31. The van der Waals surface area contributed by atoms with Gasteiger partial charge in [0.2, 0.25) is 12.2 Å². The van der Waals surface area contributed by atoms with E-state index in [1.54, 1.807) is 24.3 Å². The lowest BCUT2D eigenvalue weighted by atomic mass is 10.3. The van der Waals surface area contributed by atoms with Crippen LogP contribution in [0.25, 0.3) is 0 Å². The lowest BCUT2D eigenvalue weighted by Gasteiger charge is -2.13. The van der Waals surface area contributed by atoms with Gasteiger partial charge in [-0.05, 0) is 24.3 Å². The Morgan fingerprint density at radius 3 is 1.76 bits per heavy atom. The molecule has 0 amide bonds. The predicted molar refractivity (Wildman–Crippen MR) is 137 cm³/mol. The van der Waals surface area contributed by atoms with Gasteiger partial charge in [-0.1, -0.05) is 43.8 Å². The molecule has 3 fully saturated rings. The predicted octanol–water partition coefficient (Wildman–Crippen LogP) is 2.21. The first kappa shape index (κ1) is 32.7. The van der Waals surface area contributed by atoms with E-state index < -0.39 is 42.6 Å². The van der Waals surface area contributed by atoms with Crippen LogP contribution in [0.2, 0.25) is 0 Å². The number of ether oxygens (including phenoxy) is 8. The number of hydrogen-bond donors (Lipinski definition) is 2. The van der Waals surface area contributed by atoms with Crippen molar-refractivity contribution in [3.63, 3.8) is 0 Å². The second-order valence-electron chi connectivity index (χ2n) is 8.16. The average Bonchev–Trinajstić information content (AvgIpc) is 3.53. The molecule has 14 nitrogen and oxygen atoms in total. The van der Waals surface area contributed by atoms with E-state index in [1.165, 1.54) is 0 Å². The Hall–Kier alpha value is -4.56. The van der Waals surface area contributed by atoms with Crippen LogP contribution in [-0.2, 0) is 38.0 Å². The Kier molecular flexibility index (Phi) is 13.7. The lowest BCUT2D eigenvalue weighted by molar-refractivity contribution is -0.155. The minimum Gasteiger partial charge on any atom is -0.491 e. The minimum absolute atomic E-state index is 0. The van der Waals surface area contributed by atoms with Crippen molar-refractivity contribution in [3.05, 3.63) is 60.7 Å². The number of carbonyl (C=O) groups is 4. The summed E-state index contributed by atoms with van der Waals surface area (Å²) in [5.74, 6) is -0.408. The van der Waals surface area contributed by atoms with Crippen LogP contribution in [0.5, 0.6) is 11.5 Å². The van der Waals surface area contributed by atoms with Crippen molar-refractivity contribution in [1.82, 2.24) is 0 Å². The highest BCUT2D eigenvalue weighted by Crippen LogP contribution is 2.14. The summed E-state index contributed by atoms with van der Waals surface area (Å²) in [7, 11) is 0. The highest BCUT2D eigenvalue weighted by molar-refractivity contribution is 5.79. The molecule has 0 saturated carbocycles. The number of para-hydroxylation sites is 2. The molecule has 0 aliphatic carbocycles. The molecule has 4 unspecified atom stereocenters. The third-order valence-corrected chi connectivity index (χ3v) is 4.91. The van der Waals surface area contributed by atoms with Crippen LogP contribution in [0.3, 0.4) is 0 Å². The molecular formula is C27H32O14. The Morgan fingerprint density at radius 1 is 0.805 bits per heavy atom. The first-order chi connectivity index (χ1) is 19.3. The third-order valence-electron chi connectivity index (χ3n) is 4.91. The van der Waals surface area contributed by atoms with Crippen LogP contribution in [0.4, 0.5) is 9.59 Å². The molecule has 0 spiro atoms. The van der Waals surface area contributed by atoms with Gasteiger partial charge >= 0.3 is 24.2 Å². The zero-order valence-electron chi connectivity index (χ0n) is 21.1. The van der Waals surface area contributed by atoms with Crippen molar-refractivity contribution >= 4 is 24.2 Å². The SMILES string of the molecule is C.O=C1OCC(C(=O)O)O1.O=C1OCC(C(=O)OCC(O)COc2ccccc2)O1.c1ccc(OCC2CO2)cc1. The number of carbonyl (C=O) groups excluding carboxylic acids is 3. The molecule has 2 N–H and O–H groups in total. The maximum absolute atomic E-state index is 11.4. The number of epoxide rings is 1. The molecule has 5 rings (SSSR count). The molecular weight excluding hydrogens is 548 g/mol. The standard InChI is InChI=1S/C13H14O7.C9H10O2.C4H4O5.CH4/c14-9(6-17-10-4-2-1-3-5-10)7-18-12(15)11-8-19-13(16)20-11;1-2-4-8(5-3-1)10-6-9-7-11-9;5-3(6)2-1-8-4(7)9-2;/h1-5,9,11,14H,6-8H2;1-5,9H,6-7H2;2H,1H2,(H,5,6);1H4. The van der Waals surface area contributed by atoms with Gasteiger partial charge in [-0.15, -0.1) is 0 Å². The average molecular weight is 581 g/mol. The van der Waals surface area contributed by atoms with Crippen LogP contribution in [0, 0.1) is 0 Å². The summed E-state index contributed by atoms with van der Waals surface area (Å²) in [6.07, 6.45) is -4.63. The van der Waals surface area contributed by atoms with Crippen molar-refractivity contribution in [3.8, 4) is 11.5 Å². The molecule has 3 aliphatic heterocycles. The van der Waals surface area contributed by atoms with Gasteiger partial charge < -0.3 is 48.1 Å². The Labute approximate surface area is 235 Å². The normalized spacial score (nSPS) is 20.4. The highest BCUT2D eigenvalue weighted by Gasteiger charge is 2.33. The van der Waals surface area contributed by atoms with Crippen LogP contribution < -0.4 is 9.47 Å². The summed E-state index contributed by atoms with van der Waals surface area (Å²) in [4.78, 5) is 42.1. The molecule has 3 aliphatic rings. The molecule has 0 bridgehead atoms. The number of hydrogen-bond acceptors (Lipinski definition) is 13. The second kappa shape index (κ2) is 17.2. The summed E-state index contributed by atoms with van der Waals surface area (Å²) >= 11 is 0. The summed E-state index contributed by atoms with van der Waals surface area (Å²) in [5, 5.41) is 17.8. The van der Waals surface area contributed by atoms with E-state index >= 15 is 0 Å². The third kappa shape index (κ3) is 12.9. The quantitative estimate of drug-likeness (QED) is 0.237. The zero-order chi connectivity index (χ0) is 28.7. The summed E-state index contributed by atoms with van der Waals surface area (Å²) in [6.45, 7) is 0.914. The monoisotopic (exact) mass is 580 g/mol. The van der Waals surface area contributed by atoms with Crippen LogP contribution in [-0.4, -0.2) is 98.5 Å². The number of benzene rings is 2. The van der Waals surface area contributed by atoms with Gasteiger partial charge in [0, 0.05) is 0 Å². The van der Waals surface area contributed by atoms with Gasteiger partial charge in [0.05, 0.1) is 6.61 Å². The van der Waals surface area contributed by atoms with E-state index in [2.05, 4.69) is 18.9 Å². The summed E-state index contributed by atoms with van der Waals surface area (Å²) < 4.78 is 37.8. The molecule has 224 valence electrons. The van der Waals surface area contributed by atoms with Crippen molar-refractivity contribution in [1.29, 1.82) is 0 Å². The number of carboxylic acid groups (broad SMARTS) is 1. The first-order valence-electron chi connectivity index (χ1n) is 12.0. The van der Waals surface area contributed by atoms with E-state index in [-0.39, 0.29) is 33.9 Å². The van der Waals surface area contributed by atoms with Crippen LogP contribution in [0.1, 0.15) is 7.43 Å².